The van der Waals surface area contributed by atoms with Crippen LogP contribution in [0, 0.1) is 6.92 Å². The van der Waals surface area contributed by atoms with Crippen molar-refractivity contribution in [2.45, 2.75) is 62.8 Å². The number of aryl methyl sites for hydroxylation is 1. The smallest absolute Gasteiger partial charge is 0.237 e. The molecule has 2 aliphatic rings. The molecule has 2 aliphatic heterocycles. The molecule has 41 heavy (non-hydrogen) atoms. The number of piperidine rings is 1. The van der Waals surface area contributed by atoms with E-state index in [-0.39, 0.29) is 22.2 Å². The number of nitrogens with zero attached hydrogens (tertiary/aromatic N) is 3. The Bertz CT molecular complexity index is 1750. The lowest BCUT2D eigenvalue weighted by molar-refractivity contribution is 0.254. The third kappa shape index (κ3) is 4.76. The summed E-state index contributed by atoms with van der Waals surface area (Å²) < 4.78 is 32.6. The first kappa shape index (κ1) is 27.7. The zero-order valence-electron chi connectivity index (χ0n) is 23.7. The van der Waals surface area contributed by atoms with Gasteiger partial charge in [-0.05, 0) is 101 Å². The van der Waals surface area contributed by atoms with Gasteiger partial charge in [-0.3, -0.25) is 4.90 Å². The summed E-state index contributed by atoms with van der Waals surface area (Å²) >= 11 is 0. The van der Waals surface area contributed by atoms with Crippen molar-refractivity contribution in [2.75, 3.05) is 23.3 Å². The molecule has 0 aliphatic carbocycles. The molecule has 6 rings (SSSR count). The van der Waals surface area contributed by atoms with Gasteiger partial charge in [-0.2, -0.15) is 9.97 Å². The Balaban J connectivity index is 1.46. The van der Waals surface area contributed by atoms with E-state index in [1.54, 1.807) is 38.1 Å². The predicted octanol–water partition coefficient (Wildman–Crippen LogP) is 3.12. The lowest BCUT2D eigenvalue weighted by Gasteiger charge is -2.25. The highest BCUT2D eigenvalue weighted by atomic mass is 32.2. The first-order valence-electron chi connectivity index (χ1n) is 13.9. The van der Waals surface area contributed by atoms with Gasteiger partial charge in [0, 0.05) is 0 Å². The molecule has 208 valence electrons. The molecule has 1 fully saturated rings. The first-order valence-corrected chi connectivity index (χ1v) is 15.5. The molecule has 4 heterocycles. The average Bonchev–Trinajstić information content (AvgIpc) is 3.42. The van der Waals surface area contributed by atoms with Crippen LogP contribution in [0.1, 0.15) is 50.7 Å². The van der Waals surface area contributed by atoms with Gasteiger partial charge in [0.15, 0.2) is 16.1 Å². The monoisotopic (exact) mass is 566 g/mol. The average molecular weight is 566 g/mol. The molecule has 1 unspecified atom stereocenters. The van der Waals surface area contributed by atoms with E-state index in [9.17, 15) is 8.42 Å². The van der Waals surface area contributed by atoms with Crippen LogP contribution in [0.15, 0.2) is 41.3 Å². The molecular weight excluding hydrogens is 534 g/mol. The minimum Gasteiger partial charge on any atom is -0.468 e. The molecule has 2 aromatic carbocycles. The summed E-state index contributed by atoms with van der Waals surface area (Å²) in [6.07, 6.45) is 1.81. The Morgan fingerprint density at radius 1 is 1.12 bits per heavy atom. The van der Waals surface area contributed by atoms with Crippen molar-refractivity contribution < 1.29 is 13.2 Å². The van der Waals surface area contributed by atoms with E-state index in [1.807, 2.05) is 11.8 Å². The summed E-state index contributed by atoms with van der Waals surface area (Å²) in [6, 6.07) is 11.1. The second-order valence-corrected chi connectivity index (χ2v) is 13.5. The zero-order chi connectivity index (χ0) is 29.1. The number of anilines is 4. The molecule has 3 N–H and O–H groups in total. The molecule has 0 bridgehead atoms. The molecule has 4 radical (unpaired) electrons. The largest absolute Gasteiger partial charge is 0.468 e. The Morgan fingerprint density at radius 3 is 2.59 bits per heavy atom. The van der Waals surface area contributed by atoms with Crippen LogP contribution in [0.3, 0.4) is 0 Å². The van der Waals surface area contributed by atoms with Crippen molar-refractivity contribution in [2.24, 2.45) is 0 Å². The number of H-pyrrole nitrogens is 1. The van der Waals surface area contributed by atoms with Gasteiger partial charge in [-0.25, -0.2) is 8.42 Å². The Kier molecular flexibility index (Phi) is 7.02. The number of aromatic amines is 1. The van der Waals surface area contributed by atoms with Crippen LogP contribution in [0.25, 0.3) is 11.0 Å². The van der Waals surface area contributed by atoms with Crippen molar-refractivity contribution >= 4 is 70.8 Å². The summed E-state index contributed by atoms with van der Waals surface area (Å²) in [5.74, 6) is 1.98. The predicted molar refractivity (Wildman–Crippen MR) is 165 cm³/mol. The number of ether oxygens (including phenoxy) is 1. The maximum absolute atomic E-state index is 13.2. The lowest BCUT2D eigenvalue weighted by Crippen LogP contribution is -2.29. The number of para-hydroxylation sites is 1. The number of fused-ring (bicyclic) bond motifs is 2. The minimum absolute atomic E-state index is 0.176. The fourth-order valence-electron chi connectivity index (χ4n) is 5.77. The van der Waals surface area contributed by atoms with Crippen molar-refractivity contribution in [3.63, 3.8) is 0 Å². The van der Waals surface area contributed by atoms with Gasteiger partial charge in [0.1, 0.15) is 32.9 Å². The quantitative estimate of drug-likeness (QED) is 0.306. The van der Waals surface area contributed by atoms with Crippen LogP contribution in [0.4, 0.5) is 23.1 Å². The maximum atomic E-state index is 13.2. The lowest BCUT2D eigenvalue weighted by atomic mass is 9.85. The van der Waals surface area contributed by atoms with Crippen LogP contribution >= 0.6 is 0 Å². The SMILES string of the molecule is [B]c1[nH]c2nc(N3c4cc(C)c(C5CCNCC5)cc4OC3C)nc(Nc3ccccc3S(=O)(=O)C(C)C)c2c1[B]. The molecular formula is C29H32B2N6O3S. The van der Waals surface area contributed by atoms with Gasteiger partial charge < -0.3 is 20.4 Å². The van der Waals surface area contributed by atoms with E-state index in [1.165, 1.54) is 11.1 Å². The first-order chi connectivity index (χ1) is 19.6. The van der Waals surface area contributed by atoms with E-state index < -0.39 is 15.1 Å². The standard InChI is InChI=1S/C29H32B2N6O3S/c1-15(2)41(38,39)23-8-6-5-7-20(23)33-27-24-25(30)26(31)34-28(24)36-29(35-27)37-17(4)40-22-14-19(16(3)13-21(22)37)18-9-11-32-12-10-18/h5-8,13-15,17-18,32H,9-12H2,1-4H3,(H2,33,34,35,36). The Hall–Kier alpha value is -3.50. The molecule has 12 heteroatoms. The number of aromatic nitrogens is 3. The molecule has 0 spiro atoms. The second-order valence-electron chi connectivity index (χ2n) is 11.1. The fraction of sp³-hybridized carbons (Fsp3) is 0.379. The molecule has 0 amide bonds. The summed E-state index contributed by atoms with van der Waals surface area (Å²) in [5.41, 5.74) is 4.73. The van der Waals surface area contributed by atoms with Crippen LogP contribution < -0.4 is 31.3 Å². The number of rotatable bonds is 6. The number of nitrogens with one attached hydrogen (secondary N) is 3. The summed E-state index contributed by atoms with van der Waals surface area (Å²) in [6.45, 7) is 9.41. The van der Waals surface area contributed by atoms with Crippen LogP contribution in [0.2, 0.25) is 0 Å². The highest BCUT2D eigenvalue weighted by molar-refractivity contribution is 7.92. The third-order valence-electron chi connectivity index (χ3n) is 8.04. The van der Waals surface area contributed by atoms with Gasteiger partial charge in [-0.1, -0.05) is 17.6 Å². The Labute approximate surface area is 243 Å². The Morgan fingerprint density at radius 2 is 1.85 bits per heavy atom. The van der Waals surface area contributed by atoms with Gasteiger partial charge in [0.2, 0.25) is 5.95 Å². The maximum Gasteiger partial charge on any atom is 0.237 e. The molecule has 0 saturated carbocycles. The highest BCUT2D eigenvalue weighted by Gasteiger charge is 2.34. The van der Waals surface area contributed by atoms with Gasteiger partial charge in [-0.15, -0.1) is 0 Å². The fourth-order valence-corrected chi connectivity index (χ4v) is 6.97. The zero-order valence-corrected chi connectivity index (χ0v) is 24.5. The molecule has 4 aromatic rings. The number of benzene rings is 2. The van der Waals surface area contributed by atoms with Crippen LogP contribution in [-0.2, 0) is 9.84 Å². The summed E-state index contributed by atoms with van der Waals surface area (Å²) in [7, 11) is 8.91. The van der Waals surface area contributed by atoms with E-state index in [0.29, 0.717) is 34.4 Å². The van der Waals surface area contributed by atoms with Crippen molar-refractivity contribution in [3.05, 3.63) is 47.5 Å². The van der Waals surface area contributed by atoms with Gasteiger partial charge >= 0.3 is 0 Å². The summed E-state index contributed by atoms with van der Waals surface area (Å²) in [4.78, 5) is 14.8. The van der Waals surface area contributed by atoms with Crippen molar-refractivity contribution in [3.8, 4) is 5.75 Å². The normalized spacial score (nSPS) is 17.7. The van der Waals surface area contributed by atoms with Crippen molar-refractivity contribution in [1.29, 1.82) is 0 Å². The topological polar surface area (TPSA) is 112 Å². The molecule has 9 nitrogen and oxygen atoms in total. The molecule has 1 atom stereocenters. The second kappa shape index (κ2) is 10.4. The van der Waals surface area contributed by atoms with Crippen molar-refractivity contribution in [1.82, 2.24) is 20.3 Å². The number of sulfone groups is 1. The van der Waals surface area contributed by atoms with Gasteiger partial charge in [0.25, 0.3) is 0 Å². The van der Waals surface area contributed by atoms with Gasteiger partial charge in [0.05, 0.1) is 26.9 Å². The van der Waals surface area contributed by atoms with Crippen LogP contribution in [-0.4, -0.2) is 63.6 Å². The molecule has 1 saturated heterocycles. The summed E-state index contributed by atoms with van der Waals surface area (Å²) in [5, 5.41) is 6.55. The third-order valence-corrected chi connectivity index (χ3v) is 10.3. The van der Waals surface area contributed by atoms with E-state index in [0.717, 1.165) is 37.4 Å². The number of hydrogen-bond donors (Lipinski definition) is 3. The number of hydrogen-bond acceptors (Lipinski definition) is 8. The van der Waals surface area contributed by atoms with E-state index in [4.69, 9.17) is 30.4 Å². The van der Waals surface area contributed by atoms with E-state index >= 15 is 0 Å². The van der Waals surface area contributed by atoms with Crippen LogP contribution in [0.5, 0.6) is 5.75 Å². The van der Waals surface area contributed by atoms with E-state index in [2.05, 4.69) is 34.7 Å². The highest BCUT2D eigenvalue weighted by Crippen LogP contribution is 2.45. The minimum atomic E-state index is -3.58. The molecule has 2 aromatic heterocycles.